The molecule has 0 aliphatic carbocycles. The van der Waals surface area contributed by atoms with Gasteiger partial charge in [0, 0.05) is 23.7 Å². The van der Waals surface area contributed by atoms with Crippen molar-refractivity contribution in [1.29, 1.82) is 0 Å². The van der Waals surface area contributed by atoms with Gasteiger partial charge in [-0.2, -0.15) is 0 Å². The van der Waals surface area contributed by atoms with Crippen LogP contribution in [0.5, 0.6) is 5.75 Å². The average molecular weight is 329 g/mol. The molecule has 1 amide bonds. The first-order chi connectivity index (χ1) is 11.5. The highest BCUT2D eigenvalue weighted by molar-refractivity contribution is 5.78. The van der Waals surface area contributed by atoms with Gasteiger partial charge in [0.2, 0.25) is 5.91 Å². The Morgan fingerprint density at radius 2 is 2.08 bits per heavy atom. The van der Waals surface area contributed by atoms with E-state index in [1.807, 2.05) is 24.3 Å². The van der Waals surface area contributed by atoms with Gasteiger partial charge in [0.05, 0.1) is 13.0 Å². The summed E-state index contributed by atoms with van der Waals surface area (Å²) in [6, 6.07) is 7.86. The van der Waals surface area contributed by atoms with Crippen LogP contribution >= 0.6 is 0 Å². The summed E-state index contributed by atoms with van der Waals surface area (Å²) in [7, 11) is 0. The molecular weight excluding hydrogens is 310 g/mol. The predicted octanol–water partition coefficient (Wildman–Crippen LogP) is 0.282. The second-order valence-corrected chi connectivity index (χ2v) is 5.98. The highest BCUT2D eigenvalue weighted by Crippen LogP contribution is 2.26. The molecule has 1 atom stereocenters. The molecule has 0 radical (unpaired) electrons. The van der Waals surface area contributed by atoms with Crippen LogP contribution in [0, 0.1) is 12.8 Å². The summed E-state index contributed by atoms with van der Waals surface area (Å²) in [6.07, 6.45) is 0.775. The van der Waals surface area contributed by atoms with Crippen molar-refractivity contribution >= 4 is 5.91 Å². The van der Waals surface area contributed by atoms with E-state index in [0.717, 1.165) is 17.7 Å². The highest BCUT2D eigenvalue weighted by Gasteiger charge is 2.20. The number of hydrogen-bond donors (Lipinski definition) is 3. The largest absolute Gasteiger partial charge is 0.493 e. The lowest BCUT2D eigenvalue weighted by molar-refractivity contribution is -0.120. The fourth-order valence-corrected chi connectivity index (χ4v) is 2.84. The normalized spacial score (nSPS) is 16.1. The van der Waals surface area contributed by atoms with Crippen molar-refractivity contribution in [2.24, 2.45) is 5.92 Å². The molecule has 24 heavy (non-hydrogen) atoms. The van der Waals surface area contributed by atoms with Crippen LogP contribution in [0.15, 0.2) is 33.9 Å². The molecule has 0 saturated heterocycles. The summed E-state index contributed by atoms with van der Waals surface area (Å²) in [5.74, 6) is 0.837. The van der Waals surface area contributed by atoms with Crippen molar-refractivity contribution in [3.05, 3.63) is 61.9 Å². The first-order valence-corrected chi connectivity index (χ1v) is 7.82. The van der Waals surface area contributed by atoms with Crippen LogP contribution in [-0.4, -0.2) is 29.0 Å². The number of rotatable bonds is 4. The molecule has 3 rings (SSSR count). The zero-order chi connectivity index (χ0) is 17.1. The maximum atomic E-state index is 12.1. The van der Waals surface area contributed by atoms with Crippen molar-refractivity contribution in [3.8, 4) is 5.75 Å². The molecule has 0 unspecified atom stereocenters. The van der Waals surface area contributed by atoms with Crippen LogP contribution in [0.2, 0.25) is 0 Å². The van der Waals surface area contributed by atoms with E-state index in [1.165, 1.54) is 0 Å². The number of fused-ring (bicyclic) bond motifs is 1. The van der Waals surface area contributed by atoms with Gasteiger partial charge in [-0.1, -0.05) is 18.2 Å². The number of aromatic amines is 2. The lowest BCUT2D eigenvalue weighted by Crippen LogP contribution is -2.37. The van der Waals surface area contributed by atoms with E-state index in [2.05, 4.69) is 15.3 Å². The number of aromatic nitrogens is 2. The quantitative estimate of drug-likeness (QED) is 0.749. The Morgan fingerprint density at radius 3 is 2.88 bits per heavy atom. The molecule has 1 aromatic heterocycles. The summed E-state index contributed by atoms with van der Waals surface area (Å²) in [5, 5.41) is 2.84. The maximum Gasteiger partial charge on any atom is 0.325 e. The van der Waals surface area contributed by atoms with Gasteiger partial charge in [0.1, 0.15) is 5.75 Å². The second kappa shape index (κ2) is 6.74. The molecule has 126 valence electrons. The molecule has 0 bridgehead atoms. The van der Waals surface area contributed by atoms with Gasteiger partial charge in [-0.15, -0.1) is 0 Å². The van der Waals surface area contributed by atoms with Crippen LogP contribution in [0.25, 0.3) is 0 Å². The minimum absolute atomic E-state index is 0.0674. The maximum absolute atomic E-state index is 12.1. The van der Waals surface area contributed by atoms with Gasteiger partial charge < -0.3 is 15.0 Å². The molecule has 0 saturated carbocycles. The third-order valence-corrected chi connectivity index (χ3v) is 4.14. The standard InChI is InChI=1S/C17H19N3O4/c1-10-13(16(22)20-17(23)19-10)7-15(21)18-8-11-6-12-4-2-3-5-14(12)24-9-11/h2-5,11H,6-9H2,1H3,(H,18,21)(H2,19,20,22,23)/t11-/m0/s1. The van der Waals surface area contributed by atoms with Crippen molar-refractivity contribution in [3.63, 3.8) is 0 Å². The van der Waals surface area contributed by atoms with Gasteiger partial charge in [-0.25, -0.2) is 4.79 Å². The van der Waals surface area contributed by atoms with Gasteiger partial charge in [0.25, 0.3) is 5.56 Å². The zero-order valence-corrected chi connectivity index (χ0v) is 13.3. The lowest BCUT2D eigenvalue weighted by Gasteiger charge is -2.25. The van der Waals surface area contributed by atoms with Crippen LogP contribution < -0.4 is 21.3 Å². The summed E-state index contributed by atoms with van der Waals surface area (Å²) >= 11 is 0. The van der Waals surface area contributed by atoms with E-state index in [-0.39, 0.29) is 23.8 Å². The van der Waals surface area contributed by atoms with Crippen LogP contribution in [-0.2, 0) is 17.6 Å². The fourth-order valence-electron chi connectivity index (χ4n) is 2.84. The molecule has 3 N–H and O–H groups in total. The van der Waals surface area contributed by atoms with Crippen molar-refractivity contribution < 1.29 is 9.53 Å². The Kier molecular flexibility index (Phi) is 4.50. The summed E-state index contributed by atoms with van der Waals surface area (Å²) < 4.78 is 5.69. The number of aryl methyl sites for hydroxylation is 1. The number of nitrogens with one attached hydrogen (secondary N) is 3. The van der Waals surface area contributed by atoms with E-state index < -0.39 is 11.2 Å². The smallest absolute Gasteiger partial charge is 0.325 e. The number of H-pyrrole nitrogens is 2. The van der Waals surface area contributed by atoms with Crippen LogP contribution in [0.3, 0.4) is 0 Å². The van der Waals surface area contributed by atoms with E-state index in [4.69, 9.17) is 4.74 Å². The van der Waals surface area contributed by atoms with Gasteiger partial charge >= 0.3 is 5.69 Å². The number of ether oxygens (including phenoxy) is 1. The molecule has 0 spiro atoms. The van der Waals surface area contributed by atoms with Gasteiger partial charge in [-0.3, -0.25) is 14.6 Å². The molecule has 1 aliphatic heterocycles. The predicted molar refractivity (Wildman–Crippen MR) is 88.3 cm³/mol. The topological polar surface area (TPSA) is 104 Å². The summed E-state index contributed by atoms with van der Waals surface area (Å²) in [6.45, 7) is 2.63. The minimum Gasteiger partial charge on any atom is -0.493 e. The van der Waals surface area contributed by atoms with Crippen LogP contribution in [0.1, 0.15) is 16.8 Å². The minimum atomic E-state index is -0.570. The molecule has 1 aliphatic rings. The first-order valence-electron chi connectivity index (χ1n) is 7.82. The lowest BCUT2D eigenvalue weighted by atomic mass is 9.96. The zero-order valence-electron chi connectivity index (χ0n) is 13.3. The molecule has 0 fully saturated rings. The molecule has 2 aromatic rings. The van der Waals surface area contributed by atoms with E-state index in [9.17, 15) is 14.4 Å². The number of amides is 1. The average Bonchev–Trinajstić information content (AvgIpc) is 2.56. The Bertz CT molecular complexity index is 869. The van der Waals surface area contributed by atoms with Crippen molar-refractivity contribution in [1.82, 2.24) is 15.3 Å². The molecule has 2 heterocycles. The molecule has 7 heteroatoms. The van der Waals surface area contributed by atoms with E-state index in [1.54, 1.807) is 6.92 Å². The first kappa shape index (κ1) is 16.0. The molecule has 7 nitrogen and oxygen atoms in total. The number of carbonyl (C=O) groups is 1. The van der Waals surface area contributed by atoms with E-state index >= 15 is 0 Å². The Morgan fingerprint density at radius 1 is 1.29 bits per heavy atom. The second-order valence-electron chi connectivity index (χ2n) is 5.98. The van der Waals surface area contributed by atoms with Crippen molar-refractivity contribution in [2.75, 3.05) is 13.2 Å². The van der Waals surface area contributed by atoms with Crippen molar-refractivity contribution in [2.45, 2.75) is 19.8 Å². The van der Waals surface area contributed by atoms with E-state index in [0.29, 0.717) is 18.8 Å². The number of hydrogen-bond acceptors (Lipinski definition) is 4. The Hall–Kier alpha value is -2.83. The number of para-hydroxylation sites is 1. The SMILES string of the molecule is Cc1[nH]c(=O)[nH]c(=O)c1CC(=O)NC[C@H]1COc2ccccc2C1. The monoisotopic (exact) mass is 329 g/mol. The number of carbonyl (C=O) groups excluding carboxylic acids is 1. The summed E-state index contributed by atoms with van der Waals surface area (Å²) in [5.41, 5.74) is 0.725. The van der Waals surface area contributed by atoms with Gasteiger partial charge in [0.15, 0.2) is 0 Å². The summed E-state index contributed by atoms with van der Waals surface area (Å²) in [4.78, 5) is 39.6. The third kappa shape index (κ3) is 3.56. The van der Waals surface area contributed by atoms with Crippen LogP contribution in [0.4, 0.5) is 0 Å². The number of benzene rings is 1. The molecule has 1 aromatic carbocycles. The fraction of sp³-hybridized carbons (Fsp3) is 0.353. The Labute approximate surface area is 138 Å². The molecular formula is C17H19N3O4. The Balaban J connectivity index is 1.57. The third-order valence-electron chi connectivity index (χ3n) is 4.14. The highest BCUT2D eigenvalue weighted by atomic mass is 16.5. The van der Waals surface area contributed by atoms with Gasteiger partial charge in [-0.05, 0) is 25.0 Å².